The van der Waals surface area contributed by atoms with E-state index in [-0.39, 0.29) is 37.8 Å². The molecule has 4 heterocycles. The number of benzene rings is 1. The summed E-state index contributed by atoms with van der Waals surface area (Å²) in [7, 11) is 0. The van der Waals surface area contributed by atoms with Crippen LogP contribution in [0.25, 0.3) is 0 Å². The smallest absolute Gasteiger partial charge is 0.278 e. The van der Waals surface area contributed by atoms with E-state index in [0.29, 0.717) is 5.56 Å². The summed E-state index contributed by atoms with van der Waals surface area (Å²) >= 11 is 0. The van der Waals surface area contributed by atoms with E-state index in [0.717, 1.165) is 0 Å². The fraction of sp³-hybridized carbons (Fsp3) is 0.174. The van der Waals surface area contributed by atoms with Gasteiger partial charge in [-0.05, 0) is 24.3 Å². The van der Waals surface area contributed by atoms with E-state index in [2.05, 4.69) is 4.98 Å². The van der Waals surface area contributed by atoms with Crippen LogP contribution in [0.3, 0.4) is 0 Å². The fourth-order valence-electron chi connectivity index (χ4n) is 3.48. The van der Waals surface area contributed by atoms with Gasteiger partial charge in [0.25, 0.3) is 5.91 Å². The fourth-order valence-corrected chi connectivity index (χ4v) is 3.48. The number of carbonyl (C=O) groups is 1. The molecule has 10 heteroatoms. The van der Waals surface area contributed by atoms with E-state index in [1.165, 1.54) is 40.2 Å². The normalized spacial score (nSPS) is 15.8. The number of aromatic nitrogens is 2. The number of fused-ring (bicyclic) bond motifs is 5. The van der Waals surface area contributed by atoms with Crippen molar-refractivity contribution in [2.45, 2.75) is 6.54 Å². The SMILES string of the molecule is Fc1ccccn1.O=C1c2c(O)c(=O)ccn2N2Cc3cccc(F)c3OC/C=C\CN1C2. The number of ether oxygens (including phenoxy) is 1. The minimum atomic E-state index is -0.624. The molecule has 2 aliphatic rings. The molecule has 0 unspecified atom stereocenters. The van der Waals surface area contributed by atoms with Gasteiger partial charge in [-0.3, -0.25) is 19.3 Å². The Balaban J connectivity index is 0.000000318. The first kappa shape index (κ1) is 22.0. The predicted molar refractivity (Wildman–Crippen MR) is 115 cm³/mol. The summed E-state index contributed by atoms with van der Waals surface area (Å²) < 4.78 is 33.0. The van der Waals surface area contributed by atoms with Gasteiger partial charge in [-0.15, -0.1) is 0 Å². The molecule has 1 amide bonds. The lowest BCUT2D eigenvalue weighted by Gasteiger charge is -2.39. The summed E-state index contributed by atoms with van der Waals surface area (Å²) in [6.07, 6.45) is 6.28. The zero-order chi connectivity index (χ0) is 23.4. The first-order valence-electron chi connectivity index (χ1n) is 10.1. The number of amides is 1. The molecule has 3 aromatic rings. The van der Waals surface area contributed by atoms with Crippen molar-refractivity contribution < 1.29 is 23.4 Å². The minimum absolute atomic E-state index is 0.102. The standard InChI is InChI=1S/C18H16FN3O4.C5H4FN/c19-13-5-3-4-12-10-21-11-20(7-1-2-9-26-17(12)13)18(25)15-16(24)14(23)6-8-22(15)21;6-5-3-1-2-4-7-5/h1-6,8,24H,7,9-11H2;1-4H/b2-1-;. The van der Waals surface area contributed by atoms with Gasteiger partial charge in [0.1, 0.15) is 13.3 Å². The van der Waals surface area contributed by atoms with E-state index in [1.54, 1.807) is 41.4 Å². The monoisotopic (exact) mass is 454 g/mol. The van der Waals surface area contributed by atoms with E-state index in [4.69, 9.17) is 4.74 Å². The van der Waals surface area contributed by atoms with Crippen molar-refractivity contribution >= 4 is 5.91 Å². The van der Waals surface area contributed by atoms with Crippen LogP contribution in [0.5, 0.6) is 11.5 Å². The van der Waals surface area contributed by atoms with Crippen molar-refractivity contribution in [2.24, 2.45) is 0 Å². The molecule has 2 bridgehead atoms. The number of halogens is 2. The van der Waals surface area contributed by atoms with Crippen molar-refractivity contribution in [1.29, 1.82) is 0 Å². The molecular weight excluding hydrogens is 434 g/mol. The van der Waals surface area contributed by atoms with Crippen molar-refractivity contribution in [3.8, 4) is 11.5 Å². The Morgan fingerprint density at radius 1 is 1.03 bits per heavy atom. The van der Waals surface area contributed by atoms with Gasteiger partial charge in [0.2, 0.25) is 11.4 Å². The molecule has 8 nitrogen and oxygen atoms in total. The molecule has 0 saturated carbocycles. The molecule has 0 saturated heterocycles. The van der Waals surface area contributed by atoms with Gasteiger partial charge in [0, 0.05) is 30.6 Å². The van der Waals surface area contributed by atoms with Crippen molar-refractivity contribution in [3.05, 3.63) is 100 Å². The number of nitrogens with zero attached hydrogens (tertiary/aromatic N) is 4. The summed E-state index contributed by atoms with van der Waals surface area (Å²) in [6.45, 7) is 0.896. The van der Waals surface area contributed by atoms with Crippen LogP contribution in [0.4, 0.5) is 8.78 Å². The quantitative estimate of drug-likeness (QED) is 0.415. The first-order valence-corrected chi connectivity index (χ1v) is 10.1. The van der Waals surface area contributed by atoms with Gasteiger partial charge in [-0.2, -0.15) is 4.39 Å². The van der Waals surface area contributed by atoms with Crippen LogP contribution in [0, 0.1) is 11.8 Å². The maximum absolute atomic E-state index is 14.2. The highest BCUT2D eigenvalue weighted by Gasteiger charge is 2.32. The zero-order valence-corrected chi connectivity index (χ0v) is 17.4. The van der Waals surface area contributed by atoms with Crippen LogP contribution >= 0.6 is 0 Å². The van der Waals surface area contributed by atoms with E-state index in [9.17, 15) is 23.5 Å². The lowest BCUT2D eigenvalue weighted by atomic mass is 10.2. The van der Waals surface area contributed by atoms with Gasteiger partial charge in [0.15, 0.2) is 23.0 Å². The summed E-state index contributed by atoms with van der Waals surface area (Å²) in [6, 6.07) is 10.4. The lowest BCUT2D eigenvalue weighted by Crippen LogP contribution is -2.53. The van der Waals surface area contributed by atoms with Gasteiger partial charge >= 0.3 is 0 Å². The summed E-state index contributed by atoms with van der Waals surface area (Å²) in [5.41, 5.74) is -0.130. The van der Waals surface area contributed by atoms with Crippen molar-refractivity contribution in [2.75, 3.05) is 24.8 Å². The first-order chi connectivity index (χ1) is 16.0. The third kappa shape index (κ3) is 4.69. The number of hydrogen-bond acceptors (Lipinski definition) is 6. The second-order valence-corrected chi connectivity index (χ2v) is 7.22. The van der Waals surface area contributed by atoms with E-state index in [1.807, 2.05) is 0 Å². The maximum atomic E-state index is 14.2. The number of rotatable bonds is 0. The Morgan fingerprint density at radius 2 is 1.88 bits per heavy atom. The van der Waals surface area contributed by atoms with Gasteiger partial charge in [0.05, 0.1) is 6.54 Å². The third-order valence-corrected chi connectivity index (χ3v) is 5.03. The number of hydrogen-bond donors (Lipinski definition) is 1. The van der Waals surface area contributed by atoms with Gasteiger partial charge in [-0.1, -0.05) is 24.3 Å². The zero-order valence-electron chi connectivity index (χ0n) is 17.4. The Kier molecular flexibility index (Phi) is 6.34. The molecule has 0 radical (unpaired) electrons. The second kappa shape index (κ2) is 9.51. The van der Waals surface area contributed by atoms with Crippen LogP contribution in [0.1, 0.15) is 16.1 Å². The molecule has 2 aromatic heterocycles. The molecule has 0 atom stereocenters. The van der Waals surface area contributed by atoms with Crippen LogP contribution in [-0.4, -0.2) is 45.4 Å². The molecule has 1 aromatic carbocycles. The molecule has 0 spiro atoms. The summed E-state index contributed by atoms with van der Waals surface area (Å²) in [5.74, 6) is -1.79. The number of carbonyl (C=O) groups excluding carboxylic acids is 1. The van der Waals surface area contributed by atoms with E-state index >= 15 is 0 Å². The minimum Gasteiger partial charge on any atom is -0.502 e. The highest BCUT2D eigenvalue weighted by Crippen LogP contribution is 2.27. The Morgan fingerprint density at radius 3 is 2.61 bits per heavy atom. The highest BCUT2D eigenvalue weighted by molar-refractivity contribution is 5.96. The summed E-state index contributed by atoms with van der Waals surface area (Å²) in [5, 5.41) is 11.9. The molecule has 33 heavy (non-hydrogen) atoms. The van der Waals surface area contributed by atoms with Gasteiger partial charge in [-0.25, -0.2) is 9.37 Å². The third-order valence-electron chi connectivity index (χ3n) is 5.03. The molecule has 170 valence electrons. The molecule has 0 fully saturated rings. The average molecular weight is 454 g/mol. The molecule has 1 N–H and O–H groups in total. The molecule has 2 aliphatic heterocycles. The predicted octanol–water partition coefficient (Wildman–Crippen LogP) is 2.41. The lowest BCUT2D eigenvalue weighted by molar-refractivity contribution is 0.0706. The Bertz CT molecular complexity index is 1250. The number of aromatic hydroxyl groups is 1. The van der Waals surface area contributed by atoms with E-state index < -0.39 is 28.9 Å². The molecular formula is C23H20F2N4O4. The largest absolute Gasteiger partial charge is 0.502 e. The van der Waals surface area contributed by atoms with Crippen LogP contribution < -0.4 is 15.2 Å². The summed E-state index contributed by atoms with van der Waals surface area (Å²) in [4.78, 5) is 29.3. The second-order valence-electron chi connectivity index (χ2n) is 7.22. The molecule has 0 aliphatic carbocycles. The van der Waals surface area contributed by atoms with Gasteiger partial charge < -0.3 is 14.7 Å². The van der Waals surface area contributed by atoms with Crippen LogP contribution in [0.15, 0.2) is 71.8 Å². The maximum Gasteiger partial charge on any atom is 0.278 e. The topological polar surface area (TPSA) is 87.9 Å². The van der Waals surface area contributed by atoms with Crippen LogP contribution in [-0.2, 0) is 6.54 Å². The average Bonchev–Trinajstić information content (AvgIpc) is 2.84. The van der Waals surface area contributed by atoms with Crippen molar-refractivity contribution in [1.82, 2.24) is 14.6 Å². The molecule has 5 rings (SSSR count). The van der Waals surface area contributed by atoms with Crippen LogP contribution in [0.2, 0.25) is 0 Å². The number of pyridine rings is 2. The van der Waals surface area contributed by atoms with Crippen molar-refractivity contribution in [3.63, 3.8) is 0 Å². The Labute approximate surface area is 187 Å². The number of para-hydroxylation sites is 1. The highest BCUT2D eigenvalue weighted by atomic mass is 19.1. The Hall–Kier alpha value is -4.21.